The van der Waals surface area contributed by atoms with Crippen molar-refractivity contribution in [3.05, 3.63) is 23.8 Å². The molecule has 1 aromatic rings. The molecule has 1 aromatic carbocycles. The lowest BCUT2D eigenvalue weighted by atomic mass is 9.78. The highest BCUT2D eigenvalue weighted by atomic mass is 16.5. The van der Waals surface area contributed by atoms with E-state index in [4.69, 9.17) is 9.47 Å². The van der Waals surface area contributed by atoms with Crippen LogP contribution in [-0.4, -0.2) is 24.7 Å². The molecular formula is C21H33NO3. The van der Waals surface area contributed by atoms with E-state index in [-0.39, 0.29) is 5.91 Å². The van der Waals surface area contributed by atoms with Crippen LogP contribution in [0.25, 0.3) is 0 Å². The zero-order chi connectivity index (χ0) is 18.3. The van der Waals surface area contributed by atoms with E-state index in [9.17, 15) is 4.79 Å². The molecule has 1 aliphatic carbocycles. The number of hydrogen-bond donors (Lipinski definition) is 1. The lowest BCUT2D eigenvalue weighted by molar-refractivity contribution is -0.148. The van der Waals surface area contributed by atoms with Gasteiger partial charge in [-0.2, -0.15) is 0 Å². The highest BCUT2D eigenvalue weighted by molar-refractivity contribution is 5.97. The van der Waals surface area contributed by atoms with Crippen LogP contribution in [0, 0.1) is 12.8 Å². The SMILES string of the molecule is CCCOc1ccc(NC(=O)[C@]2(OCCC)CCC[C@H](C)C2)cc1C. The molecule has 2 rings (SSSR count). The van der Waals surface area contributed by atoms with Gasteiger partial charge < -0.3 is 14.8 Å². The number of hydrogen-bond acceptors (Lipinski definition) is 3. The summed E-state index contributed by atoms with van der Waals surface area (Å²) in [6, 6.07) is 5.82. The van der Waals surface area contributed by atoms with Gasteiger partial charge in [0.2, 0.25) is 0 Å². The van der Waals surface area contributed by atoms with E-state index >= 15 is 0 Å². The number of amides is 1. The fraction of sp³-hybridized carbons (Fsp3) is 0.667. The van der Waals surface area contributed by atoms with E-state index in [1.807, 2.05) is 25.1 Å². The molecule has 0 unspecified atom stereocenters. The van der Waals surface area contributed by atoms with E-state index < -0.39 is 5.60 Å². The van der Waals surface area contributed by atoms with Crippen molar-refractivity contribution in [1.82, 2.24) is 0 Å². The zero-order valence-electron chi connectivity index (χ0n) is 16.2. The number of rotatable bonds is 8. The van der Waals surface area contributed by atoms with Crippen molar-refractivity contribution in [3.8, 4) is 5.75 Å². The molecule has 1 aliphatic rings. The Balaban J connectivity index is 2.10. The summed E-state index contributed by atoms with van der Waals surface area (Å²) in [5.41, 5.74) is 1.16. The van der Waals surface area contributed by atoms with E-state index in [0.717, 1.165) is 49.1 Å². The summed E-state index contributed by atoms with van der Waals surface area (Å²) in [4.78, 5) is 13.0. The van der Waals surface area contributed by atoms with Crippen molar-refractivity contribution in [2.24, 2.45) is 5.92 Å². The minimum Gasteiger partial charge on any atom is -0.493 e. The Hall–Kier alpha value is -1.55. The summed E-state index contributed by atoms with van der Waals surface area (Å²) in [6.07, 6.45) is 5.73. The van der Waals surface area contributed by atoms with E-state index in [0.29, 0.717) is 19.1 Å². The maximum Gasteiger partial charge on any atom is 0.256 e. The van der Waals surface area contributed by atoms with Crippen LogP contribution in [0.2, 0.25) is 0 Å². The Morgan fingerprint density at radius 2 is 2.04 bits per heavy atom. The molecule has 1 saturated carbocycles. The van der Waals surface area contributed by atoms with Crippen LogP contribution >= 0.6 is 0 Å². The predicted molar refractivity (Wildman–Crippen MR) is 102 cm³/mol. The Bertz CT molecular complexity index is 572. The Kier molecular flexibility index (Phi) is 7.30. The largest absolute Gasteiger partial charge is 0.493 e. The second kappa shape index (κ2) is 9.23. The summed E-state index contributed by atoms with van der Waals surface area (Å²) in [7, 11) is 0. The van der Waals surface area contributed by atoms with Crippen molar-refractivity contribution in [2.75, 3.05) is 18.5 Å². The molecule has 0 aromatic heterocycles. The van der Waals surface area contributed by atoms with Crippen LogP contribution in [0.1, 0.15) is 64.9 Å². The monoisotopic (exact) mass is 347 g/mol. The first-order valence-electron chi connectivity index (χ1n) is 9.69. The maximum atomic E-state index is 13.0. The normalized spacial score (nSPS) is 23.3. The van der Waals surface area contributed by atoms with Crippen LogP contribution in [0.4, 0.5) is 5.69 Å². The van der Waals surface area contributed by atoms with Gasteiger partial charge in [-0.3, -0.25) is 4.79 Å². The third-order valence-electron chi connectivity index (χ3n) is 4.85. The number of ether oxygens (including phenoxy) is 2. The third kappa shape index (κ3) is 5.21. The highest BCUT2D eigenvalue weighted by Gasteiger charge is 2.42. The van der Waals surface area contributed by atoms with Crippen molar-refractivity contribution < 1.29 is 14.3 Å². The van der Waals surface area contributed by atoms with Gasteiger partial charge >= 0.3 is 0 Å². The topological polar surface area (TPSA) is 47.6 Å². The van der Waals surface area contributed by atoms with Gasteiger partial charge in [-0.15, -0.1) is 0 Å². The lowest BCUT2D eigenvalue weighted by Crippen LogP contribution is -2.48. The molecule has 0 heterocycles. The van der Waals surface area contributed by atoms with E-state index in [2.05, 4.69) is 26.1 Å². The van der Waals surface area contributed by atoms with E-state index in [1.165, 1.54) is 6.42 Å². The summed E-state index contributed by atoms with van der Waals surface area (Å²) in [5.74, 6) is 1.39. The molecular weight excluding hydrogens is 314 g/mol. The number of carbonyl (C=O) groups is 1. The van der Waals surface area contributed by atoms with Crippen molar-refractivity contribution in [2.45, 2.75) is 71.8 Å². The standard InChI is InChI=1S/C21H33NO3/c1-5-12-24-19-10-9-18(14-17(19)4)22-20(23)21(25-13-6-2)11-7-8-16(3)15-21/h9-10,14,16H,5-8,11-13,15H2,1-4H3,(H,22,23)/t16-,21-/m0/s1. The summed E-state index contributed by atoms with van der Waals surface area (Å²) < 4.78 is 11.8. The van der Waals surface area contributed by atoms with Gasteiger partial charge in [0.05, 0.1) is 6.61 Å². The fourth-order valence-electron chi connectivity index (χ4n) is 3.55. The number of benzene rings is 1. The van der Waals surface area contributed by atoms with Crippen LogP contribution in [0.3, 0.4) is 0 Å². The van der Waals surface area contributed by atoms with Crippen molar-refractivity contribution >= 4 is 11.6 Å². The minimum absolute atomic E-state index is 0.00544. The van der Waals surface area contributed by atoms with Gasteiger partial charge in [0.1, 0.15) is 11.4 Å². The van der Waals surface area contributed by atoms with Crippen LogP contribution in [-0.2, 0) is 9.53 Å². The quantitative estimate of drug-likeness (QED) is 0.712. The molecule has 0 spiro atoms. The Labute approximate surface area is 152 Å². The average molecular weight is 347 g/mol. The summed E-state index contributed by atoms with van der Waals surface area (Å²) in [6.45, 7) is 9.72. The van der Waals surface area contributed by atoms with Gasteiger partial charge in [0.15, 0.2) is 0 Å². The molecule has 1 N–H and O–H groups in total. The van der Waals surface area contributed by atoms with Crippen LogP contribution < -0.4 is 10.1 Å². The molecule has 0 radical (unpaired) electrons. The second-order valence-corrected chi connectivity index (χ2v) is 7.33. The first-order chi connectivity index (χ1) is 12.0. The number of nitrogens with one attached hydrogen (secondary N) is 1. The molecule has 2 atom stereocenters. The molecule has 0 saturated heterocycles. The van der Waals surface area contributed by atoms with Crippen LogP contribution in [0.15, 0.2) is 18.2 Å². The van der Waals surface area contributed by atoms with Crippen LogP contribution in [0.5, 0.6) is 5.75 Å². The Morgan fingerprint density at radius 1 is 1.28 bits per heavy atom. The van der Waals surface area contributed by atoms with Crippen molar-refractivity contribution in [3.63, 3.8) is 0 Å². The average Bonchev–Trinajstić information content (AvgIpc) is 2.59. The minimum atomic E-state index is -0.682. The zero-order valence-corrected chi connectivity index (χ0v) is 16.2. The van der Waals surface area contributed by atoms with Gasteiger partial charge in [-0.1, -0.05) is 27.2 Å². The Morgan fingerprint density at radius 3 is 2.68 bits per heavy atom. The molecule has 4 heteroatoms. The van der Waals surface area contributed by atoms with Gasteiger partial charge in [-0.25, -0.2) is 0 Å². The molecule has 140 valence electrons. The summed E-state index contributed by atoms with van der Waals surface area (Å²) in [5, 5.41) is 3.09. The maximum absolute atomic E-state index is 13.0. The molecule has 1 amide bonds. The second-order valence-electron chi connectivity index (χ2n) is 7.33. The molecule has 0 bridgehead atoms. The number of anilines is 1. The number of aryl methyl sites for hydroxylation is 1. The highest BCUT2D eigenvalue weighted by Crippen LogP contribution is 2.36. The fourth-order valence-corrected chi connectivity index (χ4v) is 3.55. The molecule has 4 nitrogen and oxygen atoms in total. The first kappa shape index (κ1) is 19.8. The smallest absolute Gasteiger partial charge is 0.256 e. The molecule has 0 aliphatic heterocycles. The molecule has 25 heavy (non-hydrogen) atoms. The first-order valence-corrected chi connectivity index (χ1v) is 9.69. The van der Waals surface area contributed by atoms with Crippen molar-refractivity contribution in [1.29, 1.82) is 0 Å². The van der Waals surface area contributed by atoms with Gasteiger partial charge in [0.25, 0.3) is 5.91 Å². The number of carbonyl (C=O) groups excluding carboxylic acids is 1. The van der Waals surface area contributed by atoms with E-state index in [1.54, 1.807) is 0 Å². The predicted octanol–water partition coefficient (Wildman–Crippen LogP) is 5.10. The third-order valence-corrected chi connectivity index (χ3v) is 4.85. The van der Waals surface area contributed by atoms with Gasteiger partial charge in [-0.05, 0) is 68.7 Å². The summed E-state index contributed by atoms with van der Waals surface area (Å²) >= 11 is 0. The van der Waals surface area contributed by atoms with Gasteiger partial charge in [0, 0.05) is 12.3 Å². The molecule has 1 fully saturated rings. The lowest BCUT2D eigenvalue weighted by Gasteiger charge is -2.38.